The van der Waals surface area contributed by atoms with Gasteiger partial charge in [-0.15, -0.1) is 0 Å². The molecule has 1 aliphatic rings. The third kappa shape index (κ3) is 3.46. The summed E-state index contributed by atoms with van der Waals surface area (Å²) in [6.07, 6.45) is 0. The monoisotopic (exact) mass is 131 g/mol. The Kier molecular flexibility index (Phi) is 3.68. The van der Waals surface area contributed by atoms with Gasteiger partial charge in [-0.25, -0.2) is 0 Å². The van der Waals surface area contributed by atoms with Crippen LogP contribution in [0.15, 0.2) is 0 Å². The standard InChI is InChI=1S/C6H11O3/c1-2-8-5-6-9-4-3-7-1/h1H,2-6H2. The molecule has 0 unspecified atom stereocenters. The van der Waals surface area contributed by atoms with Gasteiger partial charge in [-0.3, -0.25) is 0 Å². The van der Waals surface area contributed by atoms with E-state index in [1.165, 1.54) is 0 Å². The van der Waals surface area contributed by atoms with Gasteiger partial charge in [0.05, 0.1) is 33.0 Å². The summed E-state index contributed by atoms with van der Waals surface area (Å²) in [5, 5.41) is 0. The average molecular weight is 131 g/mol. The molecular formula is C6H11O3. The Bertz CT molecular complexity index is 36.8. The van der Waals surface area contributed by atoms with E-state index in [-0.39, 0.29) is 0 Å². The molecule has 0 aromatic carbocycles. The Morgan fingerprint density at radius 3 is 2.67 bits per heavy atom. The lowest BCUT2D eigenvalue weighted by atomic mass is 10.7. The Balaban J connectivity index is 2.02. The number of hydrogen-bond donors (Lipinski definition) is 0. The molecular weight excluding hydrogens is 120 g/mol. The lowest BCUT2D eigenvalue weighted by Crippen LogP contribution is -2.04. The van der Waals surface area contributed by atoms with Crippen molar-refractivity contribution in [1.82, 2.24) is 0 Å². The number of ether oxygens (including phenoxy) is 3. The molecule has 3 nitrogen and oxygen atoms in total. The first-order valence-corrected chi connectivity index (χ1v) is 3.09. The molecule has 0 aromatic rings. The molecule has 1 aliphatic heterocycles. The van der Waals surface area contributed by atoms with Gasteiger partial charge in [-0.2, -0.15) is 0 Å². The fourth-order valence-corrected chi connectivity index (χ4v) is 0.590. The van der Waals surface area contributed by atoms with Crippen molar-refractivity contribution in [2.75, 3.05) is 33.0 Å². The minimum Gasteiger partial charge on any atom is -0.377 e. The van der Waals surface area contributed by atoms with Crippen LogP contribution in [-0.2, 0) is 14.2 Å². The molecule has 0 aliphatic carbocycles. The van der Waals surface area contributed by atoms with Crippen LogP contribution in [0.5, 0.6) is 0 Å². The highest BCUT2D eigenvalue weighted by molar-refractivity contribution is 4.48. The minimum atomic E-state index is 0.573. The molecule has 0 bridgehead atoms. The Hall–Kier alpha value is -0.120. The van der Waals surface area contributed by atoms with E-state index >= 15 is 0 Å². The first kappa shape index (κ1) is 6.99. The van der Waals surface area contributed by atoms with Crippen molar-refractivity contribution in [1.29, 1.82) is 0 Å². The normalized spacial score (nSPS) is 24.0. The zero-order chi connectivity index (χ0) is 6.36. The smallest absolute Gasteiger partial charge is 0.109 e. The summed E-state index contributed by atoms with van der Waals surface area (Å²) in [4.78, 5) is 0. The summed E-state index contributed by atoms with van der Waals surface area (Å²) in [5.41, 5.74) is 0. The van der Waals surface area contributed by atoms with Crippen molar-refractivity contribution in [3.05, 3.63) is 6.61 Å². The van der Waals surface area contributed by atoms with Crippen molar-refractivity contribution in [3.8, 4) is 0 Å². The van der Waals surface area contributed by atoms with Crippen LogP contribution in [0.4, 0.5) is 0 Å². The molecule has 1 fully saturated rings. The van der Waals surface area contributed by atoms with Crippen LogP contribution in [-0.4, -0.2) is 33.0 Å². The summed E-state index contributed by atoms with van der Waals surface area (Å²) >= 11 is 0. The van der Waals surface area contributed by atoms with Crippen molar-refractivity contribution in [2.24, 2.45) is 0 Å². The van der Waals surface area contributed by atoms with Gasteiger partial charge in [0.25, 0.3) is 0 Å². The SMILES string of the molecule is [CH]1COCCOCCO1. The molecule has 53 valence electrons. The van der Waals surface area contributed by atoms with Crippen molar-refractivity contribution in [3.63, 3.8) is 0 Å². The van der Waals surface area contributed by atoms with Crippen molar-refractivity contribution >= 4 is 0 Å². The van der Waals surface area contributed by atoms with Crippen LogP contribution < -0.4 is 0 Å². The summed E-state index contributed by atoms with van der Waals surface area (Å²) in [5.74, 6) is 0. The highest BCUT2D eigenvalue weighted by atomic mass is 16.6. The molecule has 0 aromatic heterocycles. The number of rotatable bonds is 0. The van der Waals surface area contributed by atoms with E-state index in [1.807, 2.05) is 0 Å². The zero-order valence-corrected chi connectivity index (χ0v) is 5.34. The van der Waals surface area contributed by atoms with Crippen molar-refractivity contribution in [2.45, 2.75) is 0 Å². The predicted octanol–water partition coefficient (Wildman–Crippen LogP) is 0.212. The van der Waals surface area contributed by atoms with Gasteiger partial charge in [0.15, 0.2) is 0 Å². The topological polar surface area (TPSA) is 27.7 Å². The molecule has 1 rings (SSSR count). The molecule has 0 atom stereocenters. The van der Waals surface area contributed by atoms with Gasteiger partial charge in [0.2, 0.25) is 0 Å². The maximum atomic E-state index is 5.08. The van der Waals surface area contributed by atoms with Gasteiger partial charge in [0, 0.05) is 0 Å². The highest BCUT2D eigenvalue weighted by Gasteiger charge is 1.95. The molecule has 0 spiro atoms. The molecule has 3 heteroatoms. The van der Waals surface area contributed by atoms with E-state index in [2.05, 4.69) is 0 Å². The average Bonchev–Trinajstić information content (AvgIpc) is 2.00. The fourth-order valence-electron chi connectivity index (χ4n) is 0.590. The van der Waals surface area contributed by atoms with E-state index in [0.29, 0.717) is 33.0 Å². The van der Waals surface area contributed by atoms with Crippen LogP contribution in [0.1, 0.15) is 0 Å². The second-order valence-corrected chi connectivity index (χ2v) is 1.72. The first-order chi connectivity index (χ1) is 4.50. The summed E-state index contributed by atoms with van der Waals surface area (Å²) in [7, 11) is 0. The van der Waals surface area contributed by atoms with Crippen LogP contribution in [0.25, 0.3) is 0 Å². The maximum absolute atomic E-state index is 5.08. The van der Waals surface area contributed by atoms with E-state index in [0.717, 1.165) is 0 Å². The quantitative estimate of drug-likeness (QED) is 0.470. The number of hydrogen-bond acceptors (Lipinski definition) is 3. The van der Waals surface area contributed by atoms with Gasteiger partial charge >= 0.3 is 0 Å². The van der Waals surface area contributed by atoms with E-state index in [1.54, 1.807) is 6.61 Å². The molecule has 0 N–H and O–H groups in total. The molecule has 0 saturated carbocycles. The molecule has 0 amide bonds. The van der Waals surface area contributed by atoms with E-state index in [4.69, 9.17) is 14.2 Å². The van der Waals surface area contributed by atoms with Gasteiger partial charge < -0.3 is 14.2 Å². The first-order valence-electron chi connectivity index (χ1n) is 3.09. The van der Waals surface area contributed by atoms with Gasteiger partial charge in [-0.05, 0) is 0 Å². The highest BCUT2D eigenvalue weighted by Crippen LogP contribution is 1.89. The van der Waals surface area contributed by atoms with Gasteiger partial charge in [-0.1, -0.05) is 0 Å². The maximum Gasteiger partial charge on any atom is 0.109 e. The Labute approximate surface area is 54.9 Å². The summed E-state index contributed by atoms with van der Waals surface area (Å²) < 4.78 is 15.1. The summed E-state index contributed by atoms with van der Waals surface area (Å²) in [6, 6.07) is 0. The van der Waals surface area contributed by atoms with Crippen molar-refractivity contribution < 1.29 is 14.2 Å². The van der Waals surface area contributed by atoms with Crippen LogP contribution in [0.3, 0.4) is 0 Å². The Morgan fingerprint density at radius 2 is 1.67 bits per heavy atom. The van der Waals surface area contributed by atoms with Gasteiger partial charge in [0.1, 0.15) is 6.61 Å². The second kappa shape index (κ2) is 4.73. The third-order valence-electron chi connectivity index (χ3n) is 1.02. The Morgan fingerprint density at radius 1 is 0.889 bits per heavy atom. The second-order valence-electron chi connectivity index (χ2n) is 1.72. The molecule has 1 radical (unpaired) electrons. The molecule has 1 heterocycles. The van der Waals surface area contributed by atoms with Crippen LogP contribution in [0, 0.1) is 6.61 Å². The lowest BCUT2D eigenvalue weighted by Gasteiger charge is -1.97. The lowest BCUT2D eigenvalue weighted by molar-refractivity contribution is 0.0629. The largest absolute Gasteiger partial charge is 0.377 e. The fraction of sp³-hybridized carbons (Fsp3) is 0.833. The van der Waals surface area contributed by atoms with E-state index in [9.17, 15) is 0 Å². The minimum absolute atomic E-state index is 0.573. The van der Waals surface area contributed by atoms with Crippen LogP contribution in [0.2, 0.25) is 0 Å². The molecule has 9 heavy (non-hydrogen) atoms. The predicted molar refractivity (Wildman–Crippen MR) is 31.9 cm³/mol. The summed E-state index contributed by atoms with van der Waals surface area (Å²) in [6.45, 7) is 4.89. The molecule has 1 saturated heterocycles. The zero-order valence-electron chi connectivity index (χ0n) is 5.34. The van der Waals surface area contributed by atoms with Crippen LogP contribution >= 0.6 is 0 Å². The third-order valence-corrected chi connectivity index (χ3v) is 1.02. The van der Waals surface area contributed by atoms with E-state index < -0.39 is 0 Å².